The van der Waals surface area contributed by atoms with Gasteiger partial charge in [-0.05, 0) is 61.5 Å². The van der Waals surface area contributed by atoms with E-state index in [1.807, 2.05) is 6.92 Å². The first kappa shape index (κ1) is 23.7. The zero-order valence-corrected chi connectivity index (χ0v) is 18.4. The van der Waals surface area contributed by atoms with Crippen LogP contribution in [0.15, 0.2) is 72.8 Å². The van der Waals surface area contributed by atoms with E-state index in [2.05, 4.69) is 0 Å². The van der Waals surface area contributed by atoms with Crippen molar-refractivity contribution in [3.8, 4) is 11.5 Å². The smallest absolute Gasteiger partial charge is 0.291 e. The van der Waals surface area contributed by atoms with Gasteiger partial charge < -0.3 is 9.47 Å². The molecule has 3 aromatic carbocycles. The van der Waals surface area contributed by atoms with E-state index in [0.717, 1.165) is 4.90 Å². The van der Waals surface area contributed by atoms with E-state index in [9.17, 15) is 18.8 Å². The summed E-state index contributed by atoms with van der Waals surface area (Å²) in [5.74, 6) is -0.628. The Kier molecular flexibility index (Phi) is 7.91. The van der Waals surface area contributed by atoms with Gasteiger partial charge in [-0.15, -0.1) is 0 Å². The fraction of sp³-hybridized carbons (Fsp3) is 0.192. The van der Waals surface area contributed by atoms with Crippen LogP contribution in [0.25, 0.3) is 0 Å². The van der Waals surface area contributed by atoms with Crippen molar-refractivity contribution in [2.24, 2.45) is 0 Å². The third-order valence-corrected chi connectivity index (χ3v) is 5.13. The third kappa shape index (κ3) is 5.63. The molecule has 33 heavy (non-hydrogen) atoms. The summed E-state index contributed by atoms with van der Waals surface area (Å²) in [6, 6.07) is 17.8. The predicted molar refractivity (Wildman–Crippen MR) is 122 cm³/mol. The van der Waals surface area contributed by atoms with E-state index in [4.69, 9.17) is 9.47 Å². The zero-order chi connectivity index (χ0) is 23.8. The number of anilines is 1. The minimum atomic E-state index is -1.05. The number of carbonyl (C=O) groups is 3. The molecule has 0 aliphatic heterocycles. The second kappa shape index (κ2) is 11.0. The molecule has 3 rings (SSSR count). The molecular formula is C26H24FNO5. The summed E-state index contributed by atoms with van der Waals surface area (Å²) < 4.78 is 25.4. The number of benzene rings is 3. The van der Waals surface area contributed by atoms with Crippen LogP contribution in [0.3, 0.4) is 0 Å². The SMILES string of the molecule is CCOc1ccc(C(=O)CC(c2ccccc2F)N(C(=O)C=O)c2ccc(OC)cc2)cc1. The first-order valence-electron chi connectivity index (χ1n) is 10.4. The normalized spacial score (nSPS) is 11.4. The number of ether oxygens (including phenoxy) is 2. The molecule has 1 amide bonds. The average molecular weight is 449 g/mol. The molecule has 0 aliphatic carbocycles. The largest absolute Gasteiger partial charge is 0.497 e. The van der Waals surface area contributed by atoms with Crippen LogP contribution in [0.2, 0.25) is 0 Å². The van der Waals surface area contributed by atoms with Crippen molar-refractivity contribution in [3.05, 3.63) is 89.7 Å². The molecule has 170 valence electrons. The summed E-state index contributed by atoms with van der Waals surface area (Å²) in [6.45, 7) is 2.35. The summed E-state index contributed by atoms with van der Waals surface area (Å²) in [5.41, 5.74) is 0.844. The summed E-state index contributed by atoms with van der Waals surface area (Å²) in [7, 11) is 1.50. The van der Waals surface area contributed by atoms with Crippen molar-refractivity contribution >= 4 is 23.7 Å². The van der Waals surface area contributed by atoms with Gasteiger partial charge in [-0.3, -0.25) is 19.3 Å². The van der Waals surface area contributed by atoms with Gasteiger partial charge in [-0.25, -0.2) is 4.39 Å². The molecule has 0 saturated heterocycles. The molecule has 0 N–H and O–H groups in total. The summed E-state index contributed by atoms with van der Waals surface area (Å²) in [5, 5.41) is 0. The van der Waals surface area contributed by atoms with E-state index >= 15 is 0 Å². The van der Waals surface area contributed by atoms with Crippen molar-refractivity contribution in [2.75, 3.05) is 18.6 Å². The molecule has 0 fully saturated rings. The zero-order valence-electron chi connectivity index (χ0n) is 18.4. The van der Waals surface area contributed by atoms with E-state index < -0.39 is 17.8 Å². The van der Waals surface area contributed by atoms with Crippen molar-refractivity contribution in [2.45, 2.75) is 19.4 Å². The number of aldehydes is 1. The first-order valence-corrected chi connectivity index (χ1v) is 10.4. The molecule has 0 bridgehead atoms. The average Bonchev–Trinajstić information content (AvgIpc) is 2.84. The Morgan fingerprint density at radius 3 is 2.18 bits per heavy atom. The van der Waals surface area contributed by atoms with Crippen LogP contribution in [-0.4, -0.2) is 31.7 Å². The lowest BCUT2D eigenvalue weighted by Gasteiger charge is -2.31. The highest BCUT2D eigenvalue weighted by molar-refractivity contribution is 6.30. The van der Waals surface area contributed by atoms with Crippen molar-refractivity contribution in [3.63, 3.8) is 0 Å². The lowest BCUT2D eigenvalue weighted by Crippen LogP contribution is -2.37. The van der Waals surface area contributed by atoms with Gasteiger partial charge in [-0.2, -0.15) is 0 Å². The first-order chi connectivity index (χ1) is 16.0. The second-order valence-electron chi connectivity index (χ2n) is 7.15. The van der Waals surface area contributed by atoms with Crippen molar-refractivity contribution in [1.29, 1.82) is 0 Å². The van der Waals surface area contributed by atoms with Crippen LogP contribution < -0.4 is 14.4 Å². The van der Waals surface area contributed by atoms with E-state index in [1.165, 1.54) is 25.3 Å². The lowest BCUT2D eigenvalue weighted by molar-refractivity contribution is -0.129. The number of hydrogen-bond acceptors (Lipinski definition) is 5. The number of amides is 1. The predicted octanol–water partition coefficient (Wildman–Crippen LogP) is 4.78. The molecule has 0 aromatic heterocycles. The summed E-state index contributed by atoms with van der Waals surface area (Å²) in [4.78, 5) is 38.5. The Morgan fingerprint density at radius 2 is 1.61 bits per heavy atom. The van der Waals surface area contributed by atoms with E-state index in [0.29, 0.717) is 29.4 Å². The molecule has 0 heterocycles. The Labute approximate surface area is 191 Å². The van der Waals surface area contributed by atoms with Crippen molar-refractivity contribution in [1.82, 2.24) is 0 Å². The number of rotatable bonds is 10. The van der Waals surface area contributed by atoms with Gasteiger partial charge in [0.05, 0.1) is 19.8 Å². The summed E-state index contributed by atoms with van der Waals surface area (Å²) in [6.07, 6.45) is -0.0834. The number of ketones is 1. The van der Waals surface area contributed by atoms with E-state index in [1.54, 1.807) is 54.6 Å². The van der Waals surface area contributed by atoms with Gasteiger partial charge in [-0.1, -0.05) is 18.2 Å². The van der Waals surface area contributed by atoms with Crippen LogP contribution >= 0.6 is 0 Å². The number of methoxy groups -OCH3 is 1. The van der Waals surface area contributed by atoms with Gasteiger partial charge in [0.15, 0.2) is 5.78 Å². The van der Waals surface area contributed by atoms with Crippen LogP contribution in [0.4, 0.5) is 10.1 Å². The molecule has 1 atom stereocenters. The molecule has 0 radical (unpaired) electrons. The topological polar surface area (TPSA) is 72.9 Å². The quantitative estimate of drug-likeness (QED) is 0.253. The maximum Gasteiger partial charge on any atom is 0.291 e. The van der Waals surface area contributed by atoms with Gasteiger partial charge in [0.1, 0.15) is 17.3 Å². The van der Waals surface area contributed by atoms with Crippen LogP contribution in [0, 0.1) is 5.82 Å². The van der Waals surface area contributed by atoms with Crippen molar-refractivity contribution < 1.29 is 28.2 Å². The van der Waals surface area contributed by atoms with Gasteiger partial charge in [0, 0.05) is 23.2 Å². The third-order valence-electron chi connectivity index (χ3n) is 5.13. The maximum atomic E-state index is 14.8. The van der Waals surface area contributed by atoms with Gasteiger partial charge >= 0.3 is 0 Å². The van der Waals surface area contributed by atoms with Crippen LogP contribution in [0.1, 0.15) is 35.3 Å². The van der Waals surface area contributed by atoms with Gasteiger partial charge in [0.25, 0.3) is 5.91 Å². The fourth-order valence-corrected chi connectivity index (χ4v) is 3.54. The monoisotopic (exact) mass is 449 g/mol. The number of nitrogens with zero attached hydrogens (tertiary/aromatic N) is 1. The number of Topliss-reactive ketones (excluding diaryl/α,β-unsaturated/α-hetero) is 1. The molecule has 0 spiro atoms. The number of halogens is 1. The molecule has 6 nitrogen and oxygen atoms in total. The molecule has 7 heteroatoms. The highest BCUT2D eigenvalue weighted by atomic mass is 19.1. The highest BCUT2D eigenvalue weighted by Gasteiger charge is 2.31. The Bertz CT molecular complexity index is 1110. The van der Waals surface area contributed by atoms with Crippen LogP contribution in [-0.2, 0) is 9.59 Å². The minimum absolute atomic E-state index is 0.128. The number of hydrogen-bond donors (Lipinski definition) is 0. The standard InChI is InChI=1S/C26H24FNO5/c1-3-33-21-12-8-18(9-13-21)25(30)16-24(22-6-4-5-7-23(22)27)28(26(31)17-29)19-10-14-20(32-2)15-11-19/h4-15,17,24H,3,16H2,1-2H3. The molecular weight excluding hydrogens is 425 g/mol. The maximum absolute atomic E-state index is 14.8. The fourth-order valence-electron chi connectivity index (χ4n) is 3.54. The van der Waals surface area contributed by atoms with Crippen LogP contribution in [0.5, 0.6) is 11.5 Å². The Balaban J connectivity index is 2.03. The summed E-state index contributed by atoms with van der Waals surface area (Å²) >= 11 is 0. The Hall–Kier alpha value is -4.00. The molecule has 0 aliphatic rings. The second-order valence-corrected chi connectivity index (χ2v) is 7.15. The van der Waals surface area contributed by atoms with Gasteiger partial charge in [0.2, 0.25) is 6.29 Å². The lowest BCUT2D eigenvalue weighted by atomic mass is 9.95. The number of carbonyl (C=O) groups excluding carboxylic acids is 3. The minimum Gasteiger partial charge on any atom is -0.497 e. The molecule has 1 unspecified atom stereocenters. The molecule has 3 aromatic rings. The van der Waals surface area contributed by atoms with E-state index in [-0.39, 0.29) is 24.1 Å². The Morgan fingerprint density at radius 1 is 0.970 bits per heavy atom. The highest BCUT2D eigenvalue weighted by Crippen LogP contribution is 2.33. The molecule has 0 saturated carbocycles.